The van der Waals surface area contributed by atoms with Gasteiger partial charge < -0.3 is 24.4 Å². The van der Waals surface area contributed by atoms with Crippen LogP contribution in [0.4, 0.5) is 0 Å². The number of rotatable bonds is 3. The van der Waals surface area contributed by atoms with E-state index in [1.807, 2.05) is 0 Å². The molecule has 2 aromatic rings. The number of carbonyl (C=O) groups is 3. The van der Waals surface area contributed by atoms with E-state index in [4.69, 9.17) is 14.2 Å². The van der Waals surface area contributed by atoms with Crippen molar-refractivity contribution in [1.29, 1.82) is 0 Å². The van der Waals surface area contributed by atoms with Gasteiger partial charge in [-0.05, 0) is 41.4 Å². The first-order valence-electron chi connectivity index (χ1n) is 7.58. The maximum absolute atomic E-state index is 12.7. The molecule has 0 aliphatic carbocycles. The van der Waals surface area contributed by atoms with Crippen LogP contribution in [0.2, 0.25) is 0 Å². The van der Waals surface area contributed by atoms with Crippen molar-refractivity contribution in [2.24, 2.45) is 0 Å². The molecule has 0 aromatic heterocycles. The largest absolute Gasteiger partial charge is 0.506 e. The summed E-state index contributed by atoms with van der Waals surface area (Å²) in [7, 11) is 1.35. The minimum Gasteiger partial charge on any atom is -0.506 e. The molecule has 27 heavy (non-hydrogen) atoms. The predicted octanol–water partition coefficient (Wildman–Crippen LogP) is 3.62. The molecule has 3 rings (SSSR count). The number of carboxylic acid groups (broad SMARTS) is 1. The second-order valence-electron chi connectivity index (χ2n) is 5.73. The molecular formula is C18H13BrO8. The molecule has 140 valence electrons. The van der Waals surface area contributed by atoms with Gasteiger partial charge >= 0.3 is 11.9 Å². The SMILES string of the molecule is COc1cc(C(=O)O)c2c(c1C)OC(=O)c1c(C)c(Br)c(O)c(C=O)c1O2. The van der Waals surface area contributed by atoms with Gasteiger partial charge in [0, 0.05) is 5.56 Å². The van der Waals surface area contributed by atoms with Gasteiger partial charge in [0.15, 0.2) is 23.5 Å². The Morgan fingerprint density at radius 1 is 1.19 bits per heavy atom. The molecule has 9 heteroatoms. The molecule has 0 radical (unpaired) electrons. The monoisotopic (exact) mass is 436 g/mol. The fourth-order valence-corrected chi connectivity index (χ4v) is 3.24. The van der Waals surface area contributed by atoms with Crippen LogP contribution in [0.3, 0.4) is 0 Å². The molecule has 1 aliphatic heterocycles. The normalized spacial score (nSPS) is 12.2. The van der Waals surface area contributed by atoms with Crippen LogP contribution in [-0.4, -0.2) is 35.5 Å². The number of carboxylic acids is 1. The summed E-state index contributed by atoms with van der Waals surface area (Å²) in [6.07, 6.45) is 0.313. The van der Waals surface area contributed by atoms with Crippen LogP contribution in [-0.2, 0) is 0 Å². The Morgan fingerprint density at radius 3 is 2.41 bits per heavy atom. The van der Waals surface area contributed by atoms with Crippen LogP contribution in [0.25, 0.3) is 0 Å². The maximum Gasteiger partial charge on any atom is 0.347 e. The lowest BCUT2D eigenvalue weighted by Gasteiger charge is -2.16. The average Bonchev–Trinajstić information content (AvgIpc) is 2.77. The molecule has 0 amide bonds. The molecule has 0 spiro atoms. The van der Waals surface area contributed by atoms with Gasteiger partial charge in [0.2, 0.25) is 0 Å². The number of methoxy groups -OCH3 is 1. The van der Waals surface area contributed by atoms with Crippen LogP contribution in [0.1, 0.15) is 42.2 Å². The summed E-state index contributed by atoms with van der Waals surface area (Å²) in [5.41, 5.74) is -0.130. The second kappa shape index (κ2) is 6.58. The van der Waals surface area contributed by atoms with E-state index in [0.29, 0.717) is 11.8 Å². The summed E-state index contributed by atoms with van der Waals surface area (Å²) < 4.78 is 16.4. The molecule has 2 N–H and O–H groups in total. The highest BCUT2D eigenvalue weighted by Gasteiger charge is 2.35. The Morgan fingerprint density at radius 2 is 1.85 bits per heavy atom. The number of carbonyl (C=O) groups excluding carboxylic acids is 2. The van der Waals surface area contributed by atoms with E-state index in [0.717, 1.165) is 0 Å². The minimum absolute atomic E-state index is 0.104. The molecule has 1 aliphatic rings. The Balaban J connectivity index is 2.43. The molecule has 0 bridgehead atoms. The summed E-state index contributed by atoms with van der Waals surface area (Å²) >= 11 is 3.13. The number of fused-ring (bicyclic) bond motifs is 2. The molecule has 1 heterocycles. The van der Waals surface area contributed by atoms with E-state index < -0.39 is 17.7 Å². The first-order valence-corrected chi connectivity index (χ1v) is 8.37. The van der Waals surface area contributed by atoms with E-state index in [2.05, 4.69) is 15.9 Å². The Hall–Kier alpha value is -3.07. The first kappa shape index (κ1) is 18.7. The third-order valence-corrected chi connectivity index (χ3v) is 5.22. The van der Waals surface area contributed by atoms with E-state index >= 15 is 0 Å². The molecule has 8 nitrogen and oxygen atoms in total. The van der Waals surface area contributed by atoms with Crippen LogP contribution in [0.5, 0.6) is 28.7 Å². The number of esters is 1. The van der Waals surface area contributed by atoms with Crippen molar-refractivity contribution in [3.05, 3.63) is 38.4 Å². The highest BCUT2D eigenvalue weighted by atomic mass is 79.9. The third-order valence-electron chi connectivity index (χ3n) is 4.25. The van der Waals surface area contributed by atoms with Crippen molar-refractivity contribution in [3.63, 3.8) is 0 Å². The summed E-state index contributed by atoms with van der Waals surface area (Å²) in [6, 6.07) is 1.22. The zero-order valence-corrected chi connectivity index (χ0v) is 16.0. The fraction of sp³-hybridized carbons (Fsp3) is 0.167. The van der Waals surface area contributed by atoms with E-state index in [9.17, 15) is 24.6 Å². The molecule has 2 aromatic carbocycles. The fourth-order valence-electron chi connectivity index (χ4n) is 2.83. The molecule has 0 saturated heterocycles. The lowest BCUT2D eigenvalue weighted by Crippen LogP contribution is -2.11. The van der Waals surface area contributed by atoms with E-state index in [1.54, 1.807) is 6.92 Å². The third kappa shape index (κ3) is 2.71. The van der Waals surface area contributed by atoms with Gasteiger partial charge in [-0.15, -0.1) is 0 Å². The van der Waals surface area contributed by atoms with Crippen molar-refractivity contribution >= 4 is 34.2 Å². The molecule has 0 atom stereocenters. The number of phenols is 1. The molecule has 0 fully saturated rings. The number of halogens is 1. The van der Waals surface area contributed by atoms with Crippen LogP contribution in [0.15, 0.2) is 10.5 Å². The zero-order chi connectivity index (χ0) is 20.0. The summed E-state index contributed by atoms with van der Waals surface area (Å²) in [5.74, 6) is -3.15. The minimum atomic E-state index is -1.35. The molecule has 0 saturated carbocycles. The highest BCUT2D eigenvalue weighted by Crippen LogP contribution is 2.49. The molecular weight excluding hydrogens is 424 g/mol. The average molecular weight is 437 g/mol. The number of benzene rings is 2. The van der Waals surface area contributed by atoms with Crippen molar-refractivity contribution in [3.8, 4) is 28.7 Å². The summed E-state index contributed by atoms with van der Waals surface area (Å²) in [6.45, 7) is 3.08. The highest BCUT2D eigenvalue weighted by molar-refractivity contribution is 9.10. The Kier molecular flexibility index (Phi) is 4.56. The number of aromatic carboxylic acids is 1. The quantitative estimate of drug-likeness (QED) is 0.425. The van der Waals surface area contributed by atoms with Crippen molar-refractivity contribution < 1.29 is 38.8 Å². The van der Waals surface area contributed by atoms with Crippen LogP contribution in [0, 0.1) is 13.8 Å². The Labute approximate surface area is 161 Å². The summed E-state index contributed by atoms with van der Waals surface area (Å²) in [4.78, 5) is 36.0. The van der Waals surface area contributed by atoms with E-state index in [1.165, 1.54) is 20.1 Å². The smallest absolute Gasteiger partial charge is 0.347 e. The molecule has 0 unspecified atom stereocenters. The number of hydrogen-bond donors (Lipinski definition) is 2. The number of aldehydes is 1. The van der Waals surface area contributed by atoms with Gasteiger partial charge in [-0.3, -0.25) is 4.79 Å². The standard InChI is InChI=1S/C18H13BrO8/c1-6-10(25-3)4-8(17(22)23)16-14(6)27-18(24)11-7(2)12(19)13(21)9(5-20)15(11)26-16/h4-5,21H,1-3H3,(H,22,23). The van der Waals surface area contributed by atoms with Crippen LogP contribution >= 0.6 is 15.9 Å². The van der Waals surface area contributed by atoms with E-state index in [-0.39, 0.29) is 49.7 Å². The van der Waals surface area contributed by atoms with Gasteiger partial charge in [-0.25, -0.2) is 9.59 Å². The topological polar surface area (TPSA) is 119 Å². The number of ether oxygens (including phenoxy) is 3. The predicted molar refractivity (Wildman–Crippen MR) is 95.7 cm³/mol. The van der Waals surface area contributed by atoms with Gasteiger partial charge in [0.1, 0.15) is 28.2 Å². The van der Waals surface area contributed by atoms with Gasteiger partial charge in [0.05, 0.1) is 11.6 Å². The first-order chi connectivity index (χ1) is 12.7. The number of hydrogen-bond acceptors (Lipinski definition) is 7. The van der Waals surface area contributed by atoms with Crippen molar-refractivity contribution in [1.82, 2.24) is 0 Å². The van der Waals surface area contributed by atoms with Crippen LogP contribution < -0.4 is 14.2 Å². The zero-order valence-electron chi connectivity index (χ0n) is 14.4. The van der Waals surface area contributed by atoms with Gasteiger partial charge in [-0.1, -0.05) is 0 Å². The summed E-state index contributed by atoms with van der Waals surface area (Å²) in [5, 5.41) is 19.8. The number of aromatic hydroxyl groups is 1. The lowest BCUT2D eigenvalue weighted by atomic mass is 10.0. The number of phenolic OH excluding ortho intramolecular Hbond substituents is 1. The van der Waals surface area contributed by atoms with Gasteiger partial charge in [0.25, 0.3) is 0 Å². The Bertz CT molecular complexity index is 1030. The maximum atomic E-state index is 12.7. The second-order valence-corrected chi connectivity index (χ2v) is 6.52. The lowest BCUT2D eigenvalue weighted by molar-refractivity contribution is 0.0685. The van der Waals surface area contributed by atoms with Crippen molar-refractivity contribution in [2.75, 3.05) is 7.11 Å². The van der Waals surface area contributed by atoms with Crippen molar-refractivity contribution in [2.45, 2.75) is 13.8 Å². The van der Waals surface area contributed by atoms with Gasteiger partial charge in [-0.2, -0.15) is 0 Å².